The molecule has 0 aliphatic carbocycles. The van der Waals surface area contributed by atoms with Gasteiger partial charge in [0.1, 0.15) is 11.5 Å². The Morgan fingerprint density at radius 3 is 2.50 bits per heavy atom. The molecule has 0 aromatic heterocycles. The number of rotatable bonds is 5. The van der Waals surface area contributed by atoms with Crippen molar-refractivity contribution in [2.45, 2.75) is 0 Å². The predicted molar refractivity (Wildman–Crippen MR) is 88.2 cm³/mol. The quantitative estimate of drug-likeness (QED) is 0.672. The van der Waals surface area contributed by atoms with Crippen LogP contribution in [0, 0.1) is 0 Å². The summed E-state index contributed by atoms with van der Waals surface area (Å²) in [6.45, 7) is -0.183. The Labute approximate surface area is 138 Å². The predicted octanol–water partition coefficient (Wildman–Crippen LogP) is 1.90. The fraction of sp³-hybridized carbons (Fsp3) is 0.0556. The maximum Gasteiger partial charge on any atom is 0.368 e. The smallest absolute Gasteiger partial charge is 0.368 e. The topological polar surface area (TPSA) is 91.0 Å². The van der Waals surface area contributed by atoms with Crippen LogP contribution in [0.5, 0.6) is 5.75 Å². The van der Waals surface area contributed by atoms with Crippen LogP contribution in [-0.4, -0.2) is 24.2 Å². The third kappa shape index (κ3) is 3.49. The highest BCUT2D eigenvalue weighted by Gasteiger charge is 2.26. The van der Waals surface area contributed by atoms with Crippen LogP contribution in [0.4, 0.5) is 0 Å². The van der Waals surface area contributed by atoms with Gasteiger partial charge in [-0.1, -0.05) is 47.6 Å². The highest BCUT2D eigenvalue weighted by molar-refractivity contribution is 6.31. The molecule has 0 radical (unpaired) electrons. The molecule has 0 unspecified atom stereocenters. The molecular formula is C18H14N2O4. The van der Waals surface area contributed by atoms with Crippen molar-refractivity contribution < 1.29 is 19.2 Å². The summed E-state index contributed by atoms with van der Waals surface area (Å²) in [6.07, 6.45) is 1.69. The summed E-state index contributed by atoms with van der Waals surface area (Å²) in [7, 11) is 0. The highest BCUT2D eigenvalue weighted by Crippen LogP contribution is 2.21. The molecule has 2 aromatic rings. The lowest BCUT2D eigenvalue weighted by atomic mass is 10.0. The van der Waals surface area contributed by atoms with E-state index in [1.165, 1.54) is 0 Å². The minimum absolute atomic E-state index is 0.183. The molecular weight excluding hydrogens is 308 g/mol. The largest absolute Gasteiger partial charge is 0.484 e. The van der Waals surface area contributed by atoms with Gasteiger partial charge in [0, 0.05) is 5.56 Å². The van der Waals surface area contributed by atoms with Crippen LogP contribution >= 0.6 is 0 Å². The Bertz CT molecular complexity index is 824. The number of hydrogen-bond donors (Lipinski definition) is 1. The van der Waals surface area contributed by atoms with E-state index in [9.17, 15) is 9.59 Å². The van der Waals surface area contributed by atoms with Crippen LogP contribution < -0.4 is 10.5 Å². The summed E-state index contributed by atoms with van der Waals surface area (Å²) in [5.74, 6) is -0.525. The fourth-order valence-corrected chi connectivity index (χ4v) is 2.20. The van der Waals surface area contributed by atoms with Gasteiger partial charge in [-0.15, -0.1) is 0 Å². The molecule has 3 rings (SSSR count). The first-order chi connectivity index (χ1) is 11.6. The van der Waals surface area contributed by atoms with E-state index in [0.717, 1.165) is 11.1 Å². The van der Waals surface area contributed by atoms with Gasteiger partial charge >= 0.3 is 5.97 Å². The lowest BCUT2D eigenvalue weighted by molar-refractivity contribution is -0.136. The van der Waals surface area contributed by atoms with Crippen LogP contribution in [0.3, 0.4) is 0 Å². The number of oxime groups is 1. The van der Waals surface area contributed by atoms with Gasteiger partial charge in [0.05, 0.1) is 5.57 Å². The number of amides is 1. The summed E-state index contributed by atoms with van der Waals surface area (Å²) in [4.78, 5) is 27.4. The van der Waals surface area contributed by atoms with E-state index in [-0.39, 0.29) is 6.61 Å². The summed E-state index contributed by atoms with van der Waals surface area (Å²) in [5, 5.41) is 3.85. The molecule has 1 aliphatic heterocycles. The van der Waals surface area contributed by atoms with Gasteiger partial charge in [0.2, 0.25) is 0 Å². The Morgan fingerprint density at radius 2 is 1.83 bits per heavy atom. The molecule has 0 saturated carbocycles. The highest BCUT2D eigenvalue weighted by atomic mass is 16.7. The van der Waals surface area contributed by atoms with E-state index >= 15 is 0 Å². The van der Waals surface area contributed by atoms with Gasteiger partial charge in [-0.25, -0.2) is 4.79 Å². The van der Waals surface area contributed by atoms with Crippen molar-refractivity contribution in [3.63, 3.8) is 0 Å². The zero-order valence-electron chi connectivity index (χ0n) is 12.6. The first-order valence-electron chi connectivity index (χ1n) is 7.21. The van der Waals surface area contributed by atoms with Gasteiger partial charge in [0.15, 0.2) is 6.61 Å². The Kier molecular flexibility index (Phi) is 4.38. The standard InChI is InChI=1S/C18H14N2O4/c19-16(21)11-23-14-8-6-12(7-9-14)10-15-17(20-24-18(15)22)13-4-2-1-3-5-13/h1-10H,11H2,(H2,19,21)/b15-10-. The minimum Gasteiger partial charge on any atom is -0.484 e. The molecule has 1 amide bonds. The van der Waals surface area contributed by atoms with Crippen molar-refractivity contribution in [2.75, 3.05) is 6.61 Å². The van der Waals surface area contributed by atoms with Gasteiger partial charge in [-0.2, -0.15) is 0 Å². The Balaban J connectivity index is 1.83. The van der Waals surface area contributed by atoms with E-state index in [4.69, 9.17) is 15.3 Å². The molecule has 0 atom stereocenters. The second-order valence-corrected chi connectivity index (χ2v) is 5.07. The summed E-state index contributed by atoms with van der Waals surface area (Å²) < 4.78 is 5.19. The van der Waals surface area contributed by atoms with Crippen LogP contribution in [0.2, 0.25) is 0 Å². The number of carbonyl (C=O) groups excluding carboxylic acids is 2. The van der Waals surface area contributed by atoms with Crippen molar-refractivity contribution >= 4 is 23.7 Å². The lowest BCUT2D eigenvalue weighted by Crippen LogP contribution is -2.19. The number of ether oxygens (including phenoxy) is 1. The van der Waals surface area contributed by atoms with E-state index in [0.29, 0.717) is 17.0 Å². The molecule has 1 aliphatic rings. The van der Waals surface area contributed by atoms with Crippen molar-refractivity contribution in [1.29, 1.82) is 0 Å². The molecule has 6 heteroatoms. The van der Waals surface area contributed by atoms with Gasteiger partial charge in [-0.05, 0) is 23.8 Å². The number of primary amides is 1. The SMILES string of the molecule is NC(=O)COc1ccc(/C=C2\C(=O)ON=C2c2ccccc2)cc1. The summed E-state index contributed by atoms with van der Waals surface area (Å²) >= 11 is 0. The van der Waals surface area contributed by atoms with Crippen LogP contribution in [0.15, 0.2) is 65.3 Å². The van der Waals surface area contributed by atoms with Crippen molar-refractivity contribution in [3.05, 3.63) is 71.3 Å². The molecule has 120 valence electrons. The maximum atomic E-state index is 11.9. The molecule has 2 aromatic carbocycles. The van der Waals surface area contributed by atoms with E-state index in [1.807, 2.05) is 30.3 Å². The van der Waals surface area contributed by atoms with Crippen LogP contribution in [0.25, 0.3) is 6.08 Å². The minimum atomic E-state index is -0.543. The monoisotopic (exact) mass is 322 g/mol. The molecule has 0 spiro atoms. The normalized spacial score (nSPS) is 15.1. The summed E-state index contributed by atoms with van der Waals surface area (Å²) in [5.41, 5.74) is 7.48. The van der Waals surface area contributed by atoms with Crippen LogP contribution in [0.1, 0.15) is 11.1 Å². The lowest BCUT2D eigenvalue weighted by Gasteiger charge is -2.04. The number of nitrogens with two attached hydrogens (primary N) is 1. The first-order valence-corrected chi connectivity index (χ1v) is 7.21. The Morgan fingerprint density at radius 1 is 1.12 bits per heavy atom. The molecule has 24 heavy (non-hydrogen) atoms. The molecule has 2 N–H and O–H groups in total. The fourth-order valence-electron chi connectivity index (χ4n) is 2.20. The molecule has 0 bridgehead atoms. The molecule has 0 saturated heterocycles. The molecule has 6 nitrogen and oxygen atoms in total. The van der Waals surface area contributed by atoms with Gasteiger partial charge in [0.25, 0.3) is 5.91 Å². The average Bonchev–Trinajstić information content (AvgIpc) is 2.96. The van der Waals surface area contributed by atoms with E-state index in [1.54, 1.807) is 30.3 Å². The third-order valence-corrected chi connectivity index (χ3v) is 3.31. The van der Waals surface area contributed by atoms with Crippen molar-refractivity contribution in [2.24, 2.45) is 10.9 Å². The van der Waals surface area contributed by atoms with Gasteiger partial charge < -0.3 is 15.3 Å². The average molecular weight is 322 g/mol. The van der Waals surface area contributed by atoms with Crippen LogP contribution in [-0.2, 0) is 14.4 Å². The van der Waals surface area contributed by atoms with Crippen molar-refractivity contribution in [3.8, 4) is 5.75 Å². The number of hydrogen-bond acceptors (Lipinski definition) is 5. The maximum absolute atomic E-state index is 11.9. The second-order valence-electron chi connectivity index (χ2n) is 5.07. The molecule has 0 fully saturated rings. The molecule has 1 heterocycles. The van der Waals surface area contributed by atoms with E-state index in [2.05, 4.69) is 5.16 Å². The zero-order valence-corrected chi connectivity index (χ0v) is 12.6. The number of nitrogens with zero attached hydrogens (tertiary/aromatic N) is 1. The van der Waals surface area contributed by atoms with E-state index < -0.39 is 11.9 Å². The summed E-state index contributed by atoms with van der Waals surface area (Å²) in [6, 6.07) is 16.2. The van der Waals surface area contributed by atoms with Crippen molar-refractivity contribution in [1.82, 2.24) is 0 Å². The van der Waals surface area contributed by atoms with Gasteiger partial charge in [-0.3, -0.25) is 4.79 Å². The number of carbonyl (C=O) groups is 2. The zero-order chi connectivity index (χ0) is 16.9. The third-order valence-electron chi connectivity index (χ3n) is 3.31. The number of benzene rings is 2. The first kappa shape index (κ1) is 15.5. The Hall–Kier alpha value is -3.41. The second kappa shape index (κ2) is 6.78.